The van der Waals surface area contributed by atoms with E-state index in [9.17, 15) is 4.79 Å². The Morgan fingerprint density at radius 1 is 1.17 bits per heavy atom. The lowest BCUT2D eigenvalue weighted by atomic mass is 10.1. The number of aryl methyl sites for hydroxylation is 1. The second-order valence-electron chi connectivity index (χ2n) is 6.19. The summed E-state index contributed by atoms with van der Waals surface area (Å²) in [5, 5.41) is 16.5. The largest absolute Gasteiger partial charge is 0.360 e. The summed E-state index contributed by atoms with van der Waals surface area (Å²) < 4.78 is 5.98. The van der Waals surface area contributed by atoms with Crippen molar-refractivity contribution in [2.45, 2.75) is 17.0 Å². The van der Waals surface area contributed by atoms with Crippen molar-refractivity contribution in [3.05, 3.63) is 75.5 Å². The lowest BCUT2D eigenvalue weighted by Gasteiger charge is -2.04. The minimum Gasteiger partial charge on any atom is -0.360 e. The average Bonchev–Trinajstić information content (AvgIpc) is 3.33. The van der Waals surface area contributed by atoms with E-state index >= 15 is 0 Å². The Morgan fingerprint density at radius 3 is 2.80 bits per heavy atom. The molecule has 1 amide bonds. The molecule has 6 nitrogen and oxygen atoms in total. The molecule has 0 aliphatic rings. The second kappa shape index (κ2) is 9.18. The van der Waals surface area contributed by atoms with Crippen LogP contribution in [0.2, 0.25) is 10.0 Å². The number of nitrogens with zero attached hydrogens (tertiary/aromatic N) is 3. The molecule has 2 aromatic heterocycles. The number of thioether (sulfide) groups is 1. The minimum atomic E-state index is -0.383. The van der Waals surface area contributed by atoms with Gasteiger partial charge in [0.15, 0.2) is 4.34 Å². The Morgan fingerprint density at radius 2 is 2.00 bits per heavy atom. The first kappa shape index (κ1) is 20.9. The van der Waals surface area contributed by atoms with E-state index in [4.69, 9.17) is 27.7 Å². The van der Waals surface area contributed by atoms with Crippen LogP contribution in [0, 0.1) is 6.92 Å². The highest BCUT2D eigenvalue weighted by molar-refractivity contribution is 8.00. The van der Waals surface area contributed by atoms with Crippen LogP contribution < -0.4 is 5.32 Å². The maximum atomic E-state index is 12.9. The van der Waals surface area contributed by atoms with Crippen LogP contribution in [-0.2, 0) is 5.75 Å². The highest BCUT2D eigenvalue weighted by Gasteiger charge is 2.24. The summed E-state index contributed by atoms with van der Waals surface area (Å²) in [7, 11) is 0. The maximum absolute atomic E-state index is 12.9. The molecule has 0 saturated heterocycles. The molecule has 1 N–H and O–H groups in total. The topological polar surface area (TPSA) is 80.9 Å². The third kappa shape index (κ3) is 4.67. The van der Waals surface area contributed by atoms with Gasteiger partial charge < -0.3 is 4.52 Å². The van der Waals surface area contributed by atoms with Gasteiger partial charge in [-0.25, -0.2) is 0 Å². The molecule has 2 heterocycles. The third-order valence-corrected chi connectivity index (χ3v) is 6.70. The molecule has 0 aliphatic carbocycles. The predicted octanol–water partition coefficient (Wildman–Crippen LogP) is 6.35. The molecule has 0 atom stereocenters. The van der Waals surface area contributed by atoms with Gasteiger partial charge in [0.25, 0.3) is 5.91 Å². The van der Waals surface area contributed by atoms with Crippen LogP contribution in [0.4, 0.5) is 5.13 Å². The van der Waals surface area contributed by atoms with E-state index in [1.54, 1.807) is 19.1 Å². The summed E-state index contributed by atoms with van der Waals surface area (Å²) in [5.41, 5.74) is 2.40. The number of aromatic nitrogens is 3. The molecule has 0 bridgehead atoms. The van der Waals surface area contributed by atoms with E-state index in [1.807, 2.05) is 36.4 Å². The van der Waals surface area contributed by atoms with Crippen molar-refractivity contribution in [1.29, 1.82) is 0 Å². The van der Waals surface area contributed by atoms with Crippen LogP contribution in [0.3, 0.4) is 0 Å². The molecule has 0 aliphatic heterocycles. The molecule has 0 radical (unpaired) electrons. The van der Waals surface area contributed by atoms with Gasteiger partial charge in [0.1, 0.15) is 17.0 Å². The molecule has 4 rings (SSSR count). The van der Waals surface area contributed by atoms with Gasteiger partial charge >= 0.3 is 0 Å². The van der Waals surface area contributed by atoms with Crippen LogP contribution in [0.25, 0.3) is 11.3 Å². The minimum absolute atomic E-state index is 0.312. The zero-order valence-corrected chi connectivity index (χ0v) is 18.7. The fraction of sp³-hybridized carbons (Fsp3) is 0.100. The van der Waals surface area contributed by atoms with Crippen molar-refractivity contribution in [1.82, 2.24) is 15.4 Å². The van der Waals surface area contributed by atoms with Crippen LogP contribution in [0.5, 0.6) is 0 Å². The van der Waals surface area contributed by atoms with Crippen LogP contribution in [0.1, 0.15) is 21.7 Å². The number of rotatable bonds is 6. The van der Waals surface area contributed by atoms with Gasteiger partial charge in [0.05, 0.1) is 5.02 Å². The molecule has 0 spiro atoms. The standard InChI is InChI=1S/C20H14Cl2N4O2S2/c1-11-16(17(26-28-11)14-7-2-3-8-15(14)22)18(27)23-19-24-25-20(30-19)29-10-12-5-4-6-13(21)9-12/h2-9H,10H2,1H3,(H,23,24,27). The van der Waals surface area contributed by atoms with Crippen molar-refractivity contribution < 1.29 is 9.32 Å². The third-order valence-electron chi connectivity index (χ3n) is 4.10. The lowest BCUT2D eigenvalue weighted by molar-refractivity contribution is 0.102. The van der Waals surface area contributed by atoms with E-state index in [0.29, 0.717) is 43.5 Å². The summed E-state index contributed by atoms with van der Waals surface area (Å²) in [4.78, 5) is 12.9. The first-order valence-corrected chi connectivity index (χ1v) is 11.3. The number of hydrogen-bond donors (Lipinski definition) is 1. The molecular weight excluding hydrogens is 463 g/mol. The SMILES string of the molecule is Cc1onc(-c2ccccc2Cl)c1C(=O)Nc1nnc(SCc2cccc(Cl)c2)s1. The highest BCUT2D eigenvalue weighted by Crippen LogP contribution is 2.33. The Hall–Kier alpha value is -2.39. The first-order chi connectivity index (χ1) is 14.5. The van der Waals surface area contributed by atoms with Crippen molar-refractivity contribution in [2.75, 3.05) is 5.32 Å². The summed E-state index contributed by atoms with van der Waals surface area (Å²) in [6.07, 6.45) is 0. The number of nitrogens with one attached hydrogen (secondary N) is 1. The summed E-state index contributed by atoms with van der Waals surface area (Å²) >= 11 is 15.1. The molecule has 0 saturated carbocycles. The fourth-order valence-electron chi connectivity index (χ4n) is 2.73. The average molecular weight is 477 g/mol. The number of anilines is 1. The first-order valence-electron chi connectivity index (χ1n) is 8.74. The van der Waals surface area contributed by atoms with E-state index in [0.717, 1.165) is 9.90 Å². The maximum Gasteiger partial charge on any atom is 0.263 e. The van der Waals surface area contributed by atoms with E-state index < -0.39 is 0 Å². The summed E-state index contributed by atoms with van der Waals surface area (Å²) in [5.74, 6) is 0.707. The zero-order valence-electron chi connectivity index (χ0n) is 15.6. The number of amides is 1. The van der Waals surface area contributed by atoms with Crippen LogP contribution in [-0.4, -0.2) is 21.3 Å². The Bertz CT molecular complexity index is 1210. The van der Waals surface area contributed by atoms with Gasteiger partial charge in [-0.1, -0.05) is 81.8 Å². The van der Waals surface area contributed by atoms with Gasteiger partial charge in [-0.15, -0.1) is 10.2 Å². The number of hydrogen-bond acceptors (Lipinski definition) is 7. The van der Waals surface area contributed by atoms with Crippen molar-refractivity contribution in [2.24, 2.45) is 0 Å². The summed E-state index contributed by atoms with van der Waals surface area (Å²) in [6.45, 7) is 1.68. The predicted molar refractivity (Wildman–Crippen MR) is 121 cm³/mol. The number of carbonyl (C=O) groups excluding carboxylic acids is 1. The molecule has 152 valence electrons. The monoisotopic (exact) mass is 476 g/mol. The van der Waals surface area contributed by atoms with Gasteiger partial charge in [0, 0.05) is 16.3 Å². The van der Waals surface area contributed by atoms with Crippen molar-refractivity contribution in [3.8, 4) is 11.3 Å². The van der Waals surface area contributed by atoms with E-state index in [2.05, 4.69) is 20.7 Å². The fourth-order valence-corrected chi connectivity index (χ4v) is 4.85. The Kier molecular flexibility index (Phi) is 6.38. The van der Waals surface area contributed by atoms with Gasteiger partial charge in [-0.3, -0.25) is 10.1 Å². The molecule has 10 heteroatoms. The molecular formula is C20H14Cl2N4O2S2. The van der Waals surface area contributed by atoms with Crippen LogP contribution in [0.15, 0.2) is 57.4 Å². The van der Waals surface area contributed by atoms with E-state index in [1.165, 1.54) is 23.1 Å². The molecule has 0 unspecified atom stereocenters. The van der Waals surface area contributed by atoms with E-state index in [-0.39, 0.29) is 5.91 Å². The van der Waals surface area contributed by atoms with Gasteiger partial charge in [-0.05, 0) is 30.7 Å². The zero-order chi connectivity index (χ0) is 21.1. The van der Waals surface area contributed by atoms with Gasteiger partial charge in [0.2, 0.25) is 5.13 Å². The normalized spacial score (nSPS) is 10.9. The summed E-state index contributed by atoms with van der Waals surface area (Å²) in [6, 6.07) is 14.8. The van der Waals surface area contributed by atoms with Crippen molar-refractivity contribution in [3.63, 3.8) is 0 Å². The molecule has 30 heavy (non-hydrogen) atoms. The molecule has 0 fully saturated rings. The highest BCUT2D eigenvalue weighted by atomic mass is 35.5. The van der Waals surface area contributed by atoms with Crippen LogP contribution >= 0.6 is 46.3 Å². The Balaban J connectivity index is 1.48. The smallest absolute Gasteiger partial charge is 0.263 e. The lowest BCUT2D eigenvalue weighted by Crippen LogP contribution is -2.13. The Labute approximate surface area is 190 Å². The molecule has 4 aromatic rings. The quantitative estimate of drug-likeness (QED) is 0.257. The number of benzene rings is 2. The number of carbonyl (C=O) groups is 1. The molecule has 2 aromatic carbocycles. The van der Waals surface area contributed by atoms with Gasteiger partial charge in [-0.2, -0.15) is 0 Å². The number of halogens is 2. The van der Waals surface area contributed by atoms with Crippen molar-refractivity contribution >= 4 is 57.3 Å². The second-order valence-corrected chi connectivity index (χ2v) is 9.23.